The number of likely N-dealkylation sites (tertiary alicyclic amines) is 1. The van der Waals surface area contributed by atoms with Gasteiger partial charge in [0.15, 0.2) is 0 Å². The molecule has 1 amide bonds. The summed E-state index contributed by atoms with van der Waals surface area (Å²) in [5.74, 6) is 0.0890. The molecule has 1 aliphatic rings. The summed E-state index contributed by atoms with van der Waals surface area (Å²) in [6.07, 6.45) is 2.59. The molecule has 104 valence electrons. The lowest BCUT2D eigenvalue weighted by Crippen LogP contribution is -2.35. The van der Waals surface area contributed by atoms with Crippen molar-refractivity contribution < 1.29 is 4.79 Å². The van der Waals surface area contributed by atoms with Gasteiger partial charge in [0.2, 0.25) is 0 Å². The Hall–Kier alpha value is -0.870. The van der Waals surface area contributed by atoms with Gasteiger partial charge in [-0.1, -0.05) is 6.07 Å². The summed E-state index contributed by atoms with van der Waals surface area (Å²) in [5, 5.41) is 0. The lowest BCUT2D eigenvalue weighted by atomic mass is 10.1. The molecule has 1 aromatic carbocycles. The molecule has 0 spiro atoms. The van der Waals surface area contributed by atoms with Crippen LogP contribution in [0.15, 0.2) is 22.7 Å². The number of hydrogen-bond donors (Lipinski definition) is 0. The number of rotatable bonds is 4. The van der Waals surface area contributed by atoms with Gasteiger partial charge in [0.1, 0.15) is 0 Å². The van der Waals surface area contributed by atoms with Crippen LogP contribution in [0.25, 0.3) is 0 Å². The predicted molar refractivity (Wildman–Crippen MR) is 81.5 cm³/mol. The van der Waals surface area contributed by atoms with Gasteiger partial charge in [0, 0.05) is 24.6 Å². The zero-order chi connectivity index (χ0) is 13.8. The fourth-order valence-electron chi connectivity index (χ4n) is 2.40. The molecule has 0 aromatic heterocycles. The van der Waals surface area contributed by atoms with Gasteiger partial charge in [-0.3, -0.25) is 4.79 Å². The second-order valence-corrected chi connectivity index (χ2v) is 6.11. The summed E-state index contributed by atoms with van der Waals surface area (Å²) in [5.41, 5.74) is 1.90. The van der Waals surface area contributed by atoms with E-state index in [1.165, 1.54) is 25.9 Å². The molecule has 19 heavy (non-hydrogen) atoms. The lowest BCUT2D eigenvalue weighted by Gasteiger charge is -2.22. The van der Waals surface area contributed by atoms with Gasteiger partial charge in [-0.05, 0) is 66.5 Å². The fraction of sp³-hybridized carbons (Fsp3) is 0.533. The van der Waals surface area contributed by atoms with Crippen molar-refractivity contribution in [2.75, 3.05) is 33.2 Å². The first-order valence-corrected chi connectivity index (χ1v) is 7.61. The van der Waals surface area contributed by atoms with Crippen LogP contribution in [-0.4, -0.2) is 48.9 Å². The molecule has 1 aromatic rings. The Morgan fingerprint density at radius 3 is 2.68 bits per heavy atom. The number of hydrogen-bond acceptors (Lipinski definition) is 2. The number of carbonyl (C=O) groups is 1. The molecule has 1 aliphatic heterocycles. The van der Waals surface area contributed by atoms with E-state index in [2.05, 4.69) is 20.8 Å². The van der Waals surface area contributed by atoms with Crippen molar-refractivity contribution in [1.82, 2.24) is 9.80 Å². The second kappa shape index (κ2) is 6.53. The zero-order valence-corrected chi connectivity index (χ0v) is 13.2. The van der Waals surface area contributed by atoms with Crippen LogP contribution in [0.5, 0.6) is 0 Å². The van der Waals surface area contributed by atoms with Crippen molar-refractivity contribution in [3.8, 4) is 0 Å². The Labute approximate surface area is 123 Å². The summed E-state index contributed by atoms with van der Waals surface area (Å²) in [6.45, 7) is 6.15. The number of amides is 1. The van der Waals surface area contributed by atoms with Gasteiger partial charge in [0.05, 0.1) is 5.56 Å². The molecule has 0 atom stereocenters. The van der Waals surface area contributed by atoms with Crippen LogP contribution >= 0.6 is 15.9 Å². The summed E-state index contributed by atoms with van der Waals surface area (Å²) >= 11 is 3.48. The minimum atomic E-state index is 0.0890. The van der Waals surface area contributed by atoms with Crippen LogP contribution < -0.4 is 0 Å². The highest BCUT2D eigenvalue weighted by Gasteiger charge is 2.17. The Bertz CT molecular complexity index is 455. The van der Waals surface area contributed by atoms with Crippen LogP contribution in [0.3, 0.4) is 0 Å². The number of carbonyl (C=O) groups excluding carboxylic acids is 1. The minimum Gasteiger partial charge on any atom is -0.340 e. The zero-order valence-electron chi connectivity index (χ0n) is 11.7. The first-order chi connectivity index (χ1) is 9.08. The summed E-state index contributed by atoms with van der Waals surface area (Å²) in [7, 11) is 1.88. The molecular weight excluding hydrogens is 304 g/mol. The maximum absolute atomic E-state index is 12.4. The third kappa shape index (κ3) is 3.80. The molecule has 2 rings (SSSR count). The van der Waals surface area contributed by atoms with Crippen molar-refractivity contribution in [2.24, 2.45) is 0 Å². The maximum Gasteiger partial charge on any atom is 0.254 e. The third-order valence-corrected chi connectivity index (χ3v) is 4.31. The monoisotopic (exact) mass is 324 g/mol. The van der Waals surface area contributed by atoms with Crippen LogP contribution in [-0.2, 0) is 0 Å². The highest BCUT2D eigenvalue weighted by molar-refractivity contribution is 9.10. The molecule has 0 radical (unpaired) electrons. The lowest BCUT2D eigenvalue weighted by molar-refractivity contribution is 0.0781. The average molecular weight is 325 g/mol. The Kier molecular flexibility index (Phi) is 4.99. The number of benzene rings is 1. The summed E-state index contributed by atoms with van der Waals surface area (Å²) in [6, 6.07) is 5.86. The largest absolute Gasteiger partial charge is 0.340 e. The van der Waals surface area contributed by atoms with Gasteiger partial charge >= 0.3 is 0 Å². The Morgan fingerprint density at radius 1 is 1.37 bits per heavy atom. The van der Waals surface area contributed by atoms with Crippen molar-refractivity contribution in [2.45, 2.75) is 19.8 Å². The normalized spacial score (nSPS) is 15.7. The summed E-state index contributed by atoms with van der Waals surface area (Å²) < 4.78 is 0.880. The fourth-order valence-corrected chi connectivity index (χ4v) is 3.06. The highest BCUT2D eigenvalue weighted by Crippen LogP contribution is 2.19. The van der Waals surface area contributed by atoms with Gasteiger partial charge in [0.25, 0.3) is 5.91 Å². The molecule has 0 aliphatic carbocycles. The van der Waals surface area contributed by atoms with E-state index in [0.717, 1.165) is 28.7 Å². The minimum absolute atomic E-state index is 0.0890. The van der Waals surface area contributed by atoms with E-state index in [1.54, 1.807) is 0 Å². The van der Waals surface area contributed by atoms with Gasteiger partial charge in [-0.25, -0.2) is 0 Å². The number of aryl methyl sites for hydroxylation is 1. The van der Waals surface area contributed by atoms with Crippen molar-refractivity contribution in [1.29, 1.82) is 0 Å². The highest BCUT2D eigenvalue weighted by atomic mass is 79.9. The molecule has 0 unspecified atom stereocenters. The SMILES string of the molecule is Cc1ccc(C(=O)N(C)CCN2CCCC2)c(Br)c1. The number of nitrogens with zero attached hydrogens (tertiary/aromatic N) is 2. The molecule has 0 bridgehead atoms. The topological polar surface area (TPSA) is 23.6 Å². The van der Waals surface area contributed by atoms with Crippen molar-refractivity contribution >= 4 is 21.8 Å². The van der Waals surface area contributed by atoms with E-state index in [4.69, 9.17) is 0 Å². The predicted octanol–water partition coefficient (Wildman–Crippen LogP) is 2.93. The summed E-state index contributed by atoms with van der Waals surface area (Å²) in [4.78, 5) is 16.6. The first kappa shape index (κ1) is 14.5. The van der Waals surface area contributed by atoms with Crippen molar-refractivity contribution in [3.63, 3.8) is 0 Å². The van der Waals surface area contributed by atoms with E-state index in [0.29, 0.717) is 0 Å². The molecule has 4 heteroatoms. The van der Waals surface area contributed by atoms with Gasteiger partial charge < -0.3 is 9.80 Å². The van der Waals surface area contributed by atoms with E-state index in [1.807, 2.05) is 37.1 Å². The molecule has 1 heterocycles. The third-order valence-electron chi connectivity index (χ3n) is 3.65. The van der Waals surface area contributed by atoms with Crippen LogP contribution in [0.4, 0.5) is 0 Å². The van der Waals surface area contributed by atoms with E-state index >= 15 is 0 Å². The molecule has 0 N–H and O–H groups in total. The van der Waals surface area contributed by atoms with Gasteiger partial charge in [-0.15, -0.1) is 0 Å². The van der Waals surface area contributed by atoms with E-state index in [-0.39, 0.29) is 5.91 Å². The second-order valence-electron chi connectivity index (χ2n) is 5.26. The molecule has 3 nitrogen and oxygen atoms in total. The van der Waals surface area contributed by atoms with E-state index < -0.39 is 0 Å². The maximum atomic E-state index is 12.4. The Morgan fingerprint density at radius 2 is 2.05 bits per heavy atom. The first-order valence-electron chi connectivity index (χ1n) is 6.82. The standard InChI is InChI=1S/C15H21BrN2O/c1-12-5-6-13(14(16)11-12)15(19)17(2)9-10-18-7-3-4-8-18/h5-6,11H,3-4,7-10H2,1-2H3. The number of likely N-dealkylation sites (N-methyl/N-ethyl adjacent to an activating group) is 1. The molecule has 0 saturated carbocycles. The molecule has 1 fully saturated rings. The number of halogens is 1. The van der Waals surface area contributed by atoms with Crippen LogP contribution in [0.1, 0.15) is 28.8 Å². The molecular formula is C15H21BrN2O. The quantitative estimate of drug-likeness (QED) is 0.850. The molecule has 1 saturated heterocycles. The average Bonchev–Trinajstić information content (AvgIpc) is 2.88. The smallest absolute Gasteiger partial charge is 0.254 e. The Balaban J connectivity index is 1.94. The van der Waals surface area contributed by atoms with Crippen LogP contribution in [0, 0.1) is 6.92 Å². The van der Waals surface area contributed by atoms with E-state index in [9.17, 15) is 4.79 Å². The van der Waals surface area contributed by atoms with Crippen LogP contribution in [0.2, 0.25) is 0 Å². The van der Waals surface area contributed by atoms with Crippen molar-refractivity contribution in [3.05, 3.63) is 33.8 Å². The van der Waals surface area contributed by atoms with Gasteiger partial charge in [-0.2, -0.15) is 0 Å².